The maximum Gasteiger partial charge on any atom is 0.339 e. The highest BCUT2D eigenvalue weighted by Gasteiger charge is 2.29. The molecule has 0 aromatic heterocycles. The summed E-state index contributed by atoms with van der Waals surface area (Å²) in [5.41, 5.74) is 6.23. The molecular weight excluding hydrogens is 680 g/mol. The van der Waals surface area contributed by atoms with Crippen LogP contribution >= 0.6 is 0 Å². The first kappa shape index (κ1) is 39.2. The Hall–Kier alpha value is -6.02. The van der Waals surface area contributed by atoms with Crippen molar-refractivity contribution in [3.8, 4) is 0 Å². The molecule has 5 aromatic carbocycles. The molecule has 0 aliphatic heterocycles. The van der Waals surface area contributed by atoms with Gasteiger partial charge in [0.1, 0.15) is 26.4 Å². The van der Waals surface area contributed by atoms with Gasteiger partial charge in [0.05, 0.1) is 22.3 Å². The number of hydrogen-bond acceptors (Lipinski definition) is 8. The zero-order valence-electron chi connectivity index (χ0n) is 31.3. The van der Waals surface area contributed by atoms with Crippen molar-refractivity contribution in [2.24, 2.45) is 0 Å². The fourth-order valence-corrected chi connectivity index (χ4v) is 6.33. The van der Waals surface area contributed by atoms with Crippen LogP contribution in [0.2, 0.25) is 0 Å². The van der Waals surface area contributed by atoms with Crippen molar-refractivity contribution in [1.29, 1.82) is 0 Å². The third-order valence-corrected chi connectivity index (χ3v) is 9.47. The summed E-state index contributed by atoms with van der Waals surface area (Å²) >= 11 is 0. The summed E-state index contributed by atoms with van der Waals surface area (Å²) in [4.78, 5) is 55.7. The molecule has 0 atom stereocenters. The molecule has 8 heteroatoms. The predicted octanol–water partition coefficient (Wildman–Crippen LogP) is 9.36. The molecule has 0 unspecified atom stereocenters. The first-order valence-corrected chi connectivity index (χ1v) is 18.4. The Bertz CT molecular complexity index is 1820. The van der Waals surface area contributed by atoms with Gasteiger partial charge in [-0.2, -0.15) is 0 Å². The maximum absolute atomic E-state index is 13.9. The summed E-state index contributed by atoms with van der Waals surface area (Å²) in [5, 5.41) is 0. The summed E-state index contributed by atoms with van der Waals surface area (Å²) < 4.78 is 23.0. The van der Waals surface area contributed by atoms with E-state index in [-0.39, 0.29) is 48.7 Å². The van der Waals surface area contributed by atoms with Crippen LogP contribution in [0.25, 0.3) is 0 Å². The van der Waals surface area contributed by atoms with Gasteiger partial charge in [0, 0.05) is 0 Å². The molecule has 0 amide bonds. The minimum atomic E-state index is -0.871. The van der Waals surface area contributed by atoms with Crippen LogP contribution < -0.4 is 0 Å². The third-order valence-electron chi connectivity index (χ3n) is 9.47. The largest absolute Gasteiger partial charge is 0.457 e. The van der Waals surface area contributed by atoms with Crippen LogP contribution in [0.1, 0.15) is 114 Å². The molecule has 0 saturated heterocycles. The summed E-state index contributed by atoms with van der Waals surface area (Å²) in [7, 11) is 0. The normalized spacial score (nSPS) is 10.7. The second kappa shape index (κ2) is 19.2. The molecule has 0 radical (unpaired) electrons. The fourth-order valence-electron chi connectivity index (χ4n) is 6.33. The Labute approximate surface area is 317 Å². The summed E-state index contributed by atoms with van der Waals surface area (Å²) in [5.74, 6) is -3.49. The molecule has 0 N–H and O–H groups in total. The SMILES string of the molecule is CCc1ccccc1COC(=O)c1cc(C(=O)OCc2ccccc2CC)c(C(=O)OCc2ccccc2CC)cc1C(=O)OCc1ccccc1CC. The Morgan fingerprint density at radius 2 is 0.519 bits per heavy atom. The minimum Gasteiger partial charge on any atom is -0.457 e. The highest BCUT2D eigenvalue weighted by atomic mass is 16.5. The molecule has 0 aliphatic carbocycles. The van der Waals surface area contributed by atoms with E-state index in [1.54, 1.807) is 0 Å². The van der Waals surface area contributed by atoms with Crippen LogP contribution in [0.5, 0.6) is 0 Å². The summed E-state index contributed by atoms with van der Waals surface area (Å²) in [6.07, 6.45) is 2.89. The standard InChI is InChI=1S/C46H46O8/c1-5-31-17-9-13-21-35(31)27-51-43(47)39-25-41(45(49)53-29-37-23-15-11-19-33(37)7-3)42(46(50)54-30-38-24-16-12-20-34(38)8-4)26-40(39)44(48)52-28-36-22-14-10-18-32(36)6-2/h9-26H,5-8,27-30H2,1-4H3. The van der Waals surface area contributed by atoms with Crippen LogP contribution in [0.4, 0.5) is 0 Å². The van der Waals surface area contributed by atoms with Crippen molar-refractivity contribution in [2.75, 3.05) is 0 Å². The van der Waals surface area contributed by atoms with Gasteiger partial charge >= 0.3 is 23.9 Å². The number of carbonyl (C=O) groups excluding carboxylic acids is 4. The number of ether oxygens (including phenoxy) is 4. The monoisotopic (exact) mass is 726 g/mol. The van der Waals surface area contributed by atoms with Gasteiger partial charge in [0.2, 0.25) is 0 Å². The maximum atomic E-state index is 13.9. The van der Waals surface area contributed by atoms with E-state index in [0.29, 0.717) is 0 Å². The van der Waals surface area contributed by atoms with Gasteiger partial charge in [-0.1, -0.05) is 125 Å². The van der Waals surface area contributed by atoms with Crippen LogP contribution in [0.3, 0.4) is 0 Å². The quantitative estimate of drug-likeness (QED) is 0.0732. The van der Waals surface area contributed by atoms with E-state index in [1.807, 2.05) is 125 Å². The highest BCUT2D eigenvalue weighted by Crippen LogP contribution is 2.25. The summed E-state index contributed by atoms with van der Waals surface area (Å²) in [6.45, 7) is 7.71. The molecule has 0 aliphatic rings. The smallest absolute Gasteiger partial charge is 0.339 e. The minimum absolute atomic E-state index is 0.0740. The Kier molecular flexibility index (Phi) is 13.9. The Morgan fingerprint density at radius 1 is 0.333 bits per heavy atom. The second-order valence-electron chi connectivity index (χ2n) is 12.7. The van der Waals surface area contributed by atoms with Crippen molar-refractivity contribution in [3.05, 3.63) is 176 Å². The number of aryl methyl sites for hydroxylation is 4. The Balaban J connectivity index is 1.55. The average Bonchev–Trinajstić information content (AvgIpc) is 3.22. The molecule has 54 heavy (non-hydrogen) atoms. The van der Waals surface area contributed by atoms with E-state index in [4.69, 9.17) is 18.9 Å². The third kappa shape index (κ3) is 9.69. The predicted molar refractivity (Wildman–Crippen MR) is 206 cm³/mol. The van der Waals surface area contributed by atoms with Gasteiger partial charge in [-0.15, -0.1) is 0 Å². The van der Waals surface area contributed by atoms with Crippen LogP contribution in [-0.4, -0.2) is 23.9 Å². The van der Waals surface area contributed by atoms with Crippen molar-refractivity contribution < 1.29 is 38.1 Å². The van der Waals surface area contributed by atoms with Gasteiger partial charge < -0.3 is 18.9 Å². The van der Waals surface area contributed by atoms with E-state index < -0.39 is 23.9 Å². The number of benzene rings is 5. The van der Waals surface area contributed by atoms with Gasteiger partial charge in [-0.05, 0) is 82.3 Å². The van der Waals surface area contributed by atoms with E-state index in [9.17, 15) is 19.2 Å². The van der Waals surface area contributed by atoms with Crippen LogP contribution in [0.15, 0.2) is 109 Å². The molecule has 0 saturated carbocycles. The zero-order valence-corrected chi connectivity index (χ0v) is 31.3. The van der Waals surface area contributed by atoms with Crippen molar-refractivity contribution in [3.63, 3.8) is 0 Å². The topological polar surface area (TPSA) is 105 Å². The van der Waals surface area contributed by atoms with E-state index in [1.165, 1.54) is 12.1 Å². The lowest BCUT2D eigenvalue weighted by molar-refractivity contribution is 0.0408. The lowest BCUT2D eigenvalue weighted by atomic mass is 9.97. The number of hydrogen-bond donors (Lipinski definition) is 0. The lowest BCUT2D eigenvalue weighted by Crippen LogP contribution is -2.21. The van der Waals surface area contributed by atoms with Crippen molar-refractivity contribution >= 4 is 23.9 Å². The summed E-state index contributed by atoms with van der Waals surface area (Å²) in [6, 6.07) is 32.6. The molecule has 0 spiro atoms. The second-order valence-corrected chi connectivity index (χ2v) is 12.7. The van der Waals surface area contributed by atoms with Gasteiger partial charge in [0.15, 0.2) is 0 Å². The fraction of sp³-hybridized carbons (Fsp3) is 0.261. The molecular formula is C46H46O8. The molecule has 278 valence electrons. The van der Waals surface area contributed by atoms with Crippen molar-refractivity contribution in [1.82, 2.24) is 0 Å². The van der Waals surface area contributed by atoms with Gasteiger partial charge in [-0.25, -0.2) is 19.2 Å². The highest BCUT2D eigenvalue weighted by molar-refractivity contribution is 6.10. The molecule has 5 aromatic rings. The molecule has 0 fully saturated rings. The van der Waals surface area contributed by atoms with Gasteiger partial charge in [-0.3, -0.25) is 0 Å². The van der Waals surface area contributed by atoms with E-state index in [2.05, 4.69) is 0 Å². The van der Waals surface area contributed by atoms with Crippen LogP contribution in [-0.2, 0) is 71.1 Å². The van der Waals surface area contributed by atoms with E-state index in [0.717, 1.165) is 70.2 Å². The van der Waals surface area contributed by atoms with E-state index >= 15 is 0 Å². The first-order valence-electron chi connectivity index (χ1n) is 18.4. The molecule has 8 nitrogen and oxygen atoms in total. The number of carbonyl (C=O) groups is 4. The van der Waals surface area contributed by atoms with Crippen LogP contribution in [0, 0.1) is 0 Å². The molecule has 5 rings (SSSR count). The Morgan fingerprint density at radius 3 is 0.704 bits per heavy atom. The molecule has 0 bridgehead atoms. The zero-order chi connectivity index (χ0) is 38.5. The molecule has 0 heterocycles. The number of rotatable bonds is 16. The van der Waals surface area contributed by atoms with Gasteiger partial charge in [0.25, 0.3) is 0 Å². The first-order chi connectivity index (χ1) is 26.3. The van der Waals surface area contributed by atoms with Crippen molar-refractivity contribution in [2.45, 2.75) is 79.8 Å². The number of esters is 4. The average molecular weight is 727 g/mol. The lowest BCUT2D eigenvalue weighted by Gasteiger charge is -2.17.